The molecule has 1 amide bonds. The van der Waals surface area contributed by atoms with Crippen molar-refractivity contribution in [3.63, 3.8) is 0 Å². The van der Waals surface area contributed by atoms with Crippen LogP contribution in [0.15, 0.2) is 43.0 Å². The van der Waals surface area contributed by atoms with Crippen LogP contribution in [-0.4, -0.2) is 29.0 Å². The number of aliphatic hydroxyl groups excluding tert-OH is 1. The van der Waals surface area contributed by atoms with E-state index in [-0.39, 0.29) is 11.9 Å². The fraction of sp³-hybridized carbons (Fsp3) is 0.500. The summed E-state index contributed by atoms with van der Waals surface area (Å²) in [6.45, 7) is 9.58. The summed E-state index contributed by atoms with van der Waals surface area (Å²) < 4.78 is 0. The van der Waals surface area contributed by atoms with Gasteiger partial charge in [-0.1, -0.05) is 50.3 Å². The molecule has 0 heterocycles. The number of hydrogen-bond acceptors (Lipinski definition) is 2. The molecule has 3 nitrogen and oxygen atoms in total. The van der Waals surface area contributed by atoms with E-state index in [4.69, 9.17) is 0 Å². The van der Waals surface area contributed by atoms with E-state index in [2.05, 4.69) is 6.58 Å². The van der Waals surface area contributed by atoms with Crippen molar-refractivity contribution < 1.29 is 9.90 Å². The van der Waals surface area contributed by atoms with Gasteiger partial charge in [-0.3, -0.25) is 4.79 Å². The lowest BCUT2D eigenvalue weighted by Gasteiger charge is -2.36. The molecule has 1 aromatic carbocycles. The topological polar surface area (TPSA) is 40.5 Å². The molecule has 1 aromatic rings. The minimum Gasteiger partial charge on any atom is -0.386 e. The van der Waals surface area contributed by atoms with Crippen LogP contribution in [0.5, 0.6) is 0 Å². The molecule has 3 heteroatoms. The molecule has 0 unspecified atom stereocenters. The Hall–Kier alpha value is -1.61. The number of allylic oxidation sites excluding steroid dienone is 1. The van der Waals surface area contributed by atoms with Gasteiger partial charge < -0.3 is 10.0 Å². The fourth-order valence-electron chi connectivity index (χ4n) is 2.45. The molecule has 0 aliphatic rings. The van der Waals surface area contributed by atoms with Gasteiger partial charge in [0.05, 0.1) is 12.1 Å². The lowest BCUT2D eigenvalue weighted by Crippen LogP contribution is -2.46. The number of hydrogen-bond donors (Lipinski definition) is 1. The zero-order valence-corrected chi connectivity index (χ0v) is 13.5. The molecule has 1 rings (SSSR count). The van der Waals surface area contributed by atoms with Gasteiger partial charge in [-0.2, -0.15) is 0 Å². The van der Waals surface area contributed by atoms with E-state index < -0.39 is 11.5 Å². The van der Waals surface area contributed by atoms with E-state index in [9.17, 15) is 9.90 Å². The molecule has 0 spiro atoms. The molecule has 0 aromatic heterocycles. The van der Waals surface area contributed by atoms with Crippen LogP contribution in [0.2, 0.25) is 0 Å². The molecule has 0 fully saturated rings. The summed E-state index contributed by atoms with van der Waals surface area (Å²) in [6.07, 6.45) is 2.48. The molecular formula is C18H27NO2. The second-order valence-corrected chi connectivity index (χ2v) is 5.92. The van der Waals surface area contributed by atoms with Crippen LogP contribution in [-0.2, 0) is 4.79 Å². The minimum absolute atomic E-state index is 0.0485. The number of likely N-dealkylation sites (N-methyl/N-ethyl adjacent to an activating group) is 1. The van der Waals surface area contributed by atoms with Gasteiger partial charge in [0.2, 0.25) is 5.91 Å². The monoisotopic (exact) mass is 289 g/mol. The number of amides is 1. The maximum Gasteiger partial charge on any atom is 0.228 e. The third kappa shape index (κ3) is 3.94. The Morgan fingerprint density at radius 2 is 2.00 bits per heavy atom. The number of carbonyl (C=O) groups is 1. The highest BCUT2D eigenvalue weighted by Gasteiger charge is 2.35. The third-order valence-corrected chi connectivity index (χ3v) is 4.42. The molecule has 0 saturated carbocycles. The predicted octanol–water partition coefficient (Wildman–Crippen LogP) is 3.56. The SMILES string of the molecule is C=CC[C@@](C)(CC)C(=O)N(C)[C@@H](C)[C@@H](O)c1ccccc1. The van der Waals surface area contributed by atoms with Crippen molar-refractivity contribution >= 4 is 5.91 Å². The van der Waals surface area contributed by atoms with E-state index in [1.807, 2.05) is 51.1 Å². The molecule has 1 N–H and O–H groups in total. The number of nitrogens with zero attached hydrogens (tertiary/aromatic N) is 1. The number of aliphatic hydroxyl groups is 1. The number of carbonyl (C=O) groups excluding carboxylic acids is 1. The summed E-state index contributed by atoms with van der Waals surface area (Å²) in [5, 5.41) is 10.5. The first-order chi connectivity index (χ1) is 9.87. The second-order valence-electron chi connectivity index (χ2n) is 5.92. The van der Waals surface area contributed by atoms with E-state index in [0.717, 1.165) is 12.0 Å². The van der Waals surface area contributed by atoms with E-state index in [0.29, 0.717) is 6.42 Å². The van der Waals surface area contributed by atoms with E-state index in [1.165, 1.54) is 0 Å². The molecule has 0 bridgehead atoms. The van der Waals surface area contributed by atoms with Crippen molar-refractivity contribution in [2.75, 3.05) is 7.05 Å². The Morgan fingerprint density at radius 3 is 2.48 bits per heavy atom. The van der Waals surface area contributed by atoms with Gasteiger partial charge in [0.25, 0.3) is 0 Å². The summed E-state index contributed by atoms with van der Waals surface area (Å²) in [7, 11) is 1.76. The van der Waals surface area contributed by atoms with Crippen LogP contribution in [0.4, 0.5) is 0 Å². The lowest BCUT2D eigenvalue weighted by molar-refractivity contribution is -0.144. The van der Waals surface area contributed by atoms with Crippen molar-refractivity contribution in [3.8, 4) is 0 Å². The van der Waals surface area contributed by atoms with Gasteiger partial charge in [0.15, 0.2) is 0 Å². The van der Waals surface area contributed by atoms with Crippen molar-refractivity contribution in [1.29, 1.82) is 0 Å². The van der Waals surface area contributed by atoms with Crippen molar-refractivity contribution in [2.24, 2.45) is 5.41 Å². The normalized spacial score (nSPS) is 16.6. The number of benzene rings is 1. The Labute approximate surface area is 128 Å². The van der Waals surface area contributed by atoms with Crippen LogP contribution >= 0.6 is 0 Å². The second kappa shape index (κ2) is 7.41. The van der Waals surface area contributed by atoms with Crippen molar-refractivity contribution in [2.45, 2.75) is 45.8 Å². The zero-order chi connectivity index (χ0) is 16.0. The maximum absolute atomic E-state index is 12.7. The maximum atomic E-state index is 12.7. The molecule has 0 saturated heterocycles. The standard InChI is InChI=1S/C18H27NO2/c1-6-13-18(4,7-2)17(21)19(5)14(3)16(20)15-11-9-8-10-12-15/h6,8-12,14,16,20H,1,7,13H2,2-5H3/t14-,16+,18+/m0/s1. The molecule has 0 aliphatic heterocycles. The van der Waals surface area contributed by atoms with Crippen LogP contribution in [0.1, 0.15) is 45.3 Å². The minimum atomic E-state index is -0.690. The summed E-state index contributed by atoms with van der Waals surface area (Å²) in [5.41, 5.74) is 0.368. The summed E-state index contributed by atoms with van der Waals surface area (Å²) in [5.74, 6) is 0.0485. The van der Waals surface area contributed by atoms with Gasteiger partial charge in [0.1, 0.15) is 0 Å². The van der Waals surface area contributed by atoms with Crippen LogP contribution in [0.25, 0.3) is 0 Å². The summed E-state index contributed by atoms with van der Waals surface area (Å²) in [4.78, 5) is 14.4. The van der Waals surface area contributed by atoms with Gasteiger partial charge in [-0.15, -0.1) is 6.58 Å². The Bertz CT molecular complexity index is 471. The predicted molar refractivity (Wildman–Crippen MR) is 86.8 cm³/mol. The van der Waals surface area contributed by atoms with Crippen LogP contribution in [0.3, 0.4) is 0 Å². The highest BCUT2D eigenvalue weighted by molar-refractivity contribution is 5.82. The molecule has 0 radical (unpaired) electrons. The largest absolute Gasteiger partial charge is 0.386 e. The van der Waals surface area contributed by atoms with Gasteiger partial charge in [0, 0.05) is 12.5 Å². The molecule has 3 atom stereocenters. The molecule has 0 aliphatic carbocycles. The Balaban J connectivity index is 2.89. The summed E-state index contributed by atoms with van der Waals surface area (Å²) >= 11 is 0. The van der Waals surface area contributed by atoms with Crippen LogP contribution in [0, 0.1) is 5.41 Å². The average Bonchev–Trinajstić information content (AvgIpc) is 2.52. The first kappa shape index (κ1) is 17.4. The lowest BCUT2D eigenvalue weighted by atomic mass is 9.82. The zero-order valence-electron chi connectivity index (χ0n) is 13.5. The highest BCUT2D eigenvalue weighted by atomic mass is 16.3. The summed E-state index contributed by atoms with van der Waals surface area (Å²) in [6, 6.07) is 9.16. The number of rotatable bonds is 7. The van der Waals surface area contributed by atoms with Crippen LogP contribution < -0.4 is 0 Å². The first-order valence-corrected chi connectivity index (χ1v) is 7.48. The van der Waals surface area contributed by atoms with E-state index >= 15 is 0 Å². The highest BCUT2D eigenvalue weighted by Crippen LogP contribution is 2.31. The first-order valence-electron chi connectivity index (χ1n) is 7.48. The molecule has 21 heavy (non-hydrogen) atoms. The smallest absolute Gasteiger partial charge is 0.228 e. The molecular weight excluding hydrogens is 262 g/mol. The van der Waals surface area contributed by atoms with Gasteiger partial charge in [-0.25, -0.2) is 0 Å². The Morgan fingerprint density at radius 1 is 1.43 bits per heavy atom. The van der Waals surface area contributed by atoms with E-state index in [1.54, 1.807) is 18.0 Å². The van der Waals surface area contributed by atoms with Crippen molar-refractivity contribution in [3.05, 3.63) is 48.6 Å². The Kier molecular flexibility index (Phi) is 6.16. The average molecular weight is 289 g/mol. The van der Waals surface area contributed by atoms with Gasteiger partial charge >= 0.3 is 0 Å². The van der Waals surface area contributed by atoms with Crippen molar-refractivity contribution in [1.82, 2.24) is 4.90 Å². The quantitative estimate of drug-likeness (QED) is 0.780. The third-order valence-electron chi connectivity index (χ3n) is 4.42. The van der Waals surface area contributed by atoms with Gasteiger partial charge in [-0.05, 0) is 25.3 Å². The molecule has 116 valence electrons. The fourth-order valence-corrected chi connectivity index (χ4v) is 2.45.